The summed E-state index contributed by atoms with van der Waals surface area (Å²) in [5.74, 6) is 1.44. The number of hydrogen-bond donors (Lipinski definition) is 0. The van der Waals surface area contributed by atoms with Gasteiger partial charge in [-0.25, -0.2) is 4.85 Å². The molecule has 0 fully saturated rings. The zero-order valence-corrected chi connectivity index (χ0v) is 13.2. The van der Waals surface area contributed by atoms with E-state index in [1.807, 2.05) is 51.9 Å². The minimum Gasteiger partial charge on any atom is -0.457 e. The van der Waals surface area contributed by atoms with E-state index in [4.69, 9.17) is 17.3 Å². The molecule has 3 nitrogen and oxygen atoms in total. The van der Waals surface area contributed by atoms with Crippen molar-refractivity contribution in [3.05, 3.63) is 57.9 Å². The summed E-state index contributed by atoms with van der Waals surface area (Å²) in [6.07, 6.45) is 0. The third-order valence-corrected chi connectivity index (χ3v) is 4.04. The van der Waals surface area contributed by atoms with Gasteiger partial charge in [0.1, 0.15) is 11.5 Å². The van der Waals surface area contributed by atoms with E-state index in [9.17, 15) is 0 Å². The molecule has 0 N–H and O–H groups in total. The van der Waals surface area contributed by atoms with Crippen LogP contribution in [0.2, 0.25) is 6.82 Å². The number of fused-ring (bicyclic) bond motifs is 1. The van der Waals surface area contributed by atoms with Gasteiger partial charge in [0.2, 0.25) is 0 Å². The number of nitrogens with zero attached hydrogens (tertiary/aromatic N) is 1. The summed E-state index contributed by atoms with van der Waals surface area (Å²) in [7, 11) is 0. The van der Waals surface area contributed by atoms with Crippen molar-refractivity contribution in [2.45, 2.75) is 34.2 Å². The molecule has 0 radical (unpaired) electrons. The molecule has 1 aliphatic rings. The summed E-state index contributed by atoms with van der Waals surface area (Å²) >= 11 is 0. The van der Waals surface area contributed by atoms with Gasteiger partial charge in [0.25, 0.3) is 0 Å². The summed E-state index contributed by atoms with van der Waals surface area (Å²) in [6, 6.07) is 7.61. The van der Waals surface area contributed by atoms with Gasteiger partial charge in [-0.15, -0.1) is 0 Å². The normalized spacial score (nSPS) is 17.0. The van der Waals surface area contributed by atoms with Gasteiger partial charge in [0.05, 0.1) is 14.5 Å². The Morgan fingerprint density at radius 2 is 1.95 bits per heavy atom. The average molecular weight is 292 g/mol. The lowest BCUT2D eigenvalue weighted by Gasteiger charge is -2.13. The van der Waals surface area contributed by atoms with Gasteiger partial charge in [-0.05, 0) is 72.8 Å². The van der Waals surface area contributed by atoms with Crippen LogP contribution in [0.3, 0.4) is 0 Å². The highest BCUT2D eigenvalue weighted by Gasteiger charge is 2.26. The largest absolute Gasteiger partial charge is 0.457 e. The smallest absolute Gasteiger partial charge is 0.324 e. The standard InChI is InChI=1S/C18H18BNO2/c1-11-8-17(12(2)7-16(11)20-5)22-15-6-13(3)18-14(9-15)10-21-19(18)4/h6-9H,10H2,1-4H3/i10D. The van der Waals surface area contributed by atoms with Crippen molar-refractivity contribution in [1.82, 2.24) is 0 Å². The molecule has 2 aromatic carbocycles. The summed E-state index contributed by atoms with van der Waals surface area (Å²) < 4.78 is 19.6. The first-order chi connectivity index (χ1) is 10.9. The Hall–Kier alpha value is -2.25. The zero-order chi connectivity index (χ0) is 16.7. The second kappa shape index (κ2) is 5.51. The highest BCUT2D eigenvalue weighted by molar-refractivity contribution is 6.68. The zero-order valence-electron chi connectivity index (χ0n) is 14.2. The molecular weight excluding hydrogens is 273 g/mol. The molecule has 0 amide bonds. The lowest BCUT2D eigenvalue weighted by atomic mass is 9.62. The maximum Gasteiger partial charge on any atom is 0.324 e. The fourth-order valence-corrected chi connectivity index (χ4v) is 2.88. The lowest BCUT2D eigenvalue weighted by molar-refractivity contribution is 0.333. The minimum atomic E-state index is -0.658. The molecule has 1 heterocycles. The molecule has 0 saturated heterocycles. The minimum absolute atomic E-state index is 0.0523. The lowest BCUT2D eigenvalue weighted by Crippen LogP contribution is -2.26. The summed E-state index contributed by atoms with van der Waals surface area (Å²) in [5, 5.41) is 0. The molecule has 3 rings (SSSR count). The van der Waals surface area contributed by atoms with Crippen LogP contribution in [0.5, 0.6) is 11.5 Å². The van der Waals surface area contributed by atoms with E-state index in [1.165, 1.54) is 0 Å². The Morgan fingerprint density at radius 3 is 2.68 bits per heavy atom. The van der Waals surface area contributed by atoms with Gasteiger partial charge < -0.3 is 9.39 Å². The molecular formula is C18H18BNO2. The molecule has 1 atom stereocenters. The van der Waals surface area contributed by atoms with E-state index >= 15 is 0 Å². The molecule has 110 valence electrons. The van der Waals surface area contributed by atoms with E-state index < -0.39 is 6.58 Å². The summed E-state index contributed by atoms with van der Waals surface area (Å²) in [5.41, 5.74) is 5.51. The number of aryl methyl sites for hydroxylation is 3. The van der Waals surface area contributed by atoms with Crippen LogP contribution in [-0.4, -0.2) is 6.92 Å². The van der Waals surface area contributed by atoms with E-state index in [-0.39, 0.29) is 6.92 Å². The van der Waals surface area contributed by atoms with E-state index in [0.29, 0.717) is 11.4 Å². The summed E-state index contributed by atoms with van der Waals surface area (Å²) in [4.78, 5) is 3.51. The predicted octanol–water partition coefficient (Wildman–Crippen LogP) is 4.31. The van der Waals surface area contributed by atoms with Gasteiger partial charge in [-0.3, -0.25) is 0 Å². The Labute approximate surface area is 133 Å². The Morgan fingerprint density at radius 1 is 1.18 bits per heavy atom. The Kier molecular flexibility index (Phi) is 3.36. The molecule has 1 aliphatic heterocycles. The number of hydrogen-bond acceptors (Lipinski definition) is 2. The average Bonchev–Trinajstić information content (AvgIpc) is 2.77. The van der Waals surface area contributed by atoms with Gasteiger partial charge >= 0.3 is 6.92 Å². The van der Waals surface area contributed by atoms with Crippen LogP contribution >= 0.6 is 0 Å². The fourth-order valence-electron chi connectivity index (χ4n) is 2.88. The van der Waals surface area contributed by atoms with Crippen LogP contribution < -0.4 is 10.2 Å². The van der Waals surface area contributed by atoms with Crippen molar-refractivity contribution >= 4 is 18.1 Å². The van der Waals surface area contributed by atoms with E-state index in [0.717, 1.165) is 33.5 Å². The number of benzene rings is 2. The highest BCUT2D eigenvalue weighted by atomic mass is 16.5. The highest BCUT2D eigenvalue weighted by Crippen LogP contribution is 2.32. The van der Waals surface area contributed by atoms with Crippen LogP contribution in [0.15, 0.2) is 24.3 Å². The Bertz CT molecular complexity index is 829. The quantitative estimate of drug-likeness (QED) is 0.608. The molecule has 22 heavy (non-hydrogen) atoms. The monoisotopic (exact) mass is 292 g/mol. The SMILES string of the molecule is [2H]C1OB(C)c2c(C)cc(Oc3cc(C)c([N+]#[C-])cc3C)cc21. The second-order valence-corrected chi connectivity index (χ2v) is 5.76. The Balaban J connectivity index is 1.99. The first kappa shape index (κ1) is 13.4. The van der Waals surface area contributed by atoms with Crippen LogP contribution in [0.1, 0.15) is 23.6 Å². The van der Waals surface area contributed by atoms with Crippen molar-refractivity contribution in [1.29, 1.82) is 0 Å². The fraction of sp³-hybridized carbons (Fsp3) is 0.278. The van der Waals surface area contributed by atoms with Gasteiger partial charge in [-0.1, -0.05) is 6.82 Å². The third kappa shape index (κ3) is 2.49. The number of ether oxygens (including phenoxy) is 1. The summed E-state index contributed by atoms with van der Waals surface area (Å²) in [6.45, 7) is 14.3. The van der Waals surface area contributed by atoms with E-state index in [2.05, 4.69) is 4.85 Å². The first-order valence-corrected chi connectivity index (χ1v) is 7.29. The van der Waals surface area contributed by atoms with Crippen molar-refractivity contribution < 1.29 is 10.8 Å². The molecule has 4 heteroatoms. The van der Waals surface area contributed by atoms with E-state index in [1.54, 1.807) is 0 Å². The van der Waals surface area contributed by atoms with Gasteiger partial charge in [0, 0.05) is 0 Å². The predicted molar refractivity (Wildman–Crippen MR) is 89.5 cm³/mol. The molecule has 0 bridgehead atoms. The van der Waals surface area contributed by atoms with Gasteiger partial charge in [-0.2, -0.15) is 0 Å². The van der Waals surface area contributed by atoms with Crippen molar-refractivity contribution in [2.75, 3.05) is 0 Å². The van der Waals surface area contributed by atoms with Crippen molar-refractivity contribution in [3.8, 4) is 11.5 Å². The van der Waals surface area contributed by atoms with Crippen molar-refractivity contribution in [2.24, 2.45) is 0 Å². The second-order valence-electron chi connectivity index (χ2n) is 5.76. The molecule has 0 spiro atoms. The topological polar surface area (TPSA) is 22.8 Å². The third-order valence-electron chi connectivity index (χ3n) is 4.04. The number of rotatable bonds is 2. The van der Waals surface area contributed by atoms with Crippen LogP contribution in [0.25, 0.3) is 4.85 Å². The molecule has 0 aliphatic carbocycles. The molecule has 0 saturated carbocycles. The molecule has 1 unspecified atom stereocenters. The van der Waals surface area contributed by atoms with Crippen LogP contribution in [0.4, 0.5) is 5.69 Å². The van der Waals surface area contributed by atoms with Crippen molar-refractivity contribution in [3.63, 3.8) is 0 Å². The van der Waals surface area contributed by atoms with Crippen LogP contribution in [0, 0.1) is 27.3 Å². The van der Waals surface area contributed by atoms with Gasteiger partial charge in [0.15, 0.2) is 5.69 Å². The van der Waals surface area contributed by atoms with Crippen LogP contribution in [-0.2, 0) is 11.2 Å². The maximum absolute atomic E-state index is 8.04. The maximum atomic E-state index is 8.04. The first-order valence-electron chi connectivity index (χ1n) is 7.87. The molecule has 0 aromatic heterocycles. The molecule has 2 aromatic rings.